The molecule has 4 rings (SSSR count). The van der Waals surface area contributed by atoms with Crippen LogP contribution in [0.5, 0.6) is 11.5 Å². The molecule has 10 heteroatoms. The lowest BCUT2D eigenvalue weighted by Crippen LogP contribution is -2.48. The second-order valence-corrected chi connectivity index (χ2v) is 9.94. The van der Waals surface area contributed by atoms with E-state index in [1.54, 1.807) is 18.7 Å². The van der Waals surface area contributed by atoms with Gasteiger partial charge in [0.2, 0.25) is 5.43 Å². The van der Waals surface area contributed by atoms with E-state index in [4.69, 9.17) is 21.1 Å². The van der Waals surface area contributed by atoms with E-state index in [9.17, 15) is 23.9 Å². The summed E-state index contributed by atoms with van der Waals surface area (Å²) in [5.74, 6) is -2.04. The summed E-state index contributed by atoms with van der Waals surface area (Å²) in [6.45, 7) is 4.45. The second kappa shape index (κ2) is 9.28. The van der Waals surface area contributed by atoms with Crippen LogP contribution in [0.15, 0.2) is 23.1 Å². The summed E-state index contributed by atoms with van der Waals surface area (Å²) in [7, 11) is 3.19. The number of benzene rings is 1. The predicted octanol–water partition coefficient (Wildman–Crippen LogP) is 3.40. The van der Waals surface area contributed by atoms with Gasteiger partial charge in [-0.2, -0.15) is 0 Å². The molecule has 0 saturated heterocycles. The van der Waals surface area contributed by atoms with Gasteiger partial charge < -0.3 is 24.0 Å². The van der Waals surface area contributed by atoms with E-state index in [2.05, 4.69) is 0 Å². The van der Waals surface area contributed by atoms with Crippen molar-refractivity contribution in [2.45, 2.75) is 44.8 Å². The van der Waals surface area contributed by atoms with Crippen LogP contribution in [0, 0.1) is 11.7 Å². The molecule has 0 bridgehead atoms. The van der Waals surface area contributed by atoms with Crippen molar-refractivity contribution in [1.29, 1.82) is 0 Å². The molecule has 2 aromatic rings. The summed E-state index contributed by atoms with van der Waals surface area (Å²) >= 11 is 5.99. The third-order valence-corrected chi connectivity index (χ3v) is 6.94. The number of fused-ring (bicyclic) bond motifs is 2. The standard InChI is InChI=1S/C25H28ClFN2O6/c1-13(2)35-16-7-14(20(27)18(26)8-16)5-6-19(30)17-10-29-21(23(32)22(17)31)24(33)28(3)12-25(29)9-15(25)11-34-4/h7-8,10,13,15,32H,5-6,9,11-12H2,1-4H3/t15-,25-/m1/s1. The average molecular weight is 507 g/mol. The number of pyridine rings is 1. The van der Waals surface area contributed by atoms with Crippen LogP contribution in [0.4, 0.5) is 4.39 Å². The van der Waals surface area contributed by atoms with Crippen LogP contribution < -0.4 is 10.2 Å². The van der Waals surface area contributed by atoms with Gasteiger partial charge in [-0.3, -0.25) is 14.4 Å². The molecule has 1 aliphatic carbocycles. The maximum absolute atomic E-state index is 14.6. The lowest BCUT2D eigenvalue weighted by Gasteiger charge is -2.35. The third kappa shape index (κ3) is 4.43. The molecule has 1 aliphatic heterocycles. The molecule has 1 saturated carbocycles. The lowest BCUT2D eigenvalue weighted by atomic mass is 10.00. The van der Waals surface area contributed by atoms with Crippen LogP contribution in [0.2, 0.25) is 5.02 Å². The van der Waals surface area contributed by atoms with Gasteiger partial charge in [0.05, 0.1) is 28.8 Å². The molecule has 2 heterocycles. The fourth-order valence-corrected chi connectivity index (χ4v) is 5.12. The van der Waals surface area contributed by atoms with Gasteiger partial charge in [-0.25, -0.2) is 4.39 Å². The van der Waals surface area contributed by atoms with E-state index in [-0.39, 0.29) is 46.7 Å². The van der Waals surface area contributed by atoms with Crippen molar-refractivity contribution in [1.82, 2.24) is 9.47 Å². The Balaban J connectivity index is 1.66. The highest BCUT2D eigenvalue weighted by Gasteiger charge is 2.60. The number of amides is 1. The first-order valence-corrected chi connectivity index (χ1v) is 11.8. The van der Waals surface area contributed by atoms with Gasteiger partial charge in [0, 0.05) is 45.3 Å². The van der Waals surface area contributed by atoms with Crippen LogP contribution in [0.25, 0.3) is 0 Å². The lowest BCUT2D eigenvalue weighted by molar-refractivity contribution is 0.0664. The molecule has 8 nitrogen and oxygen atoms in total. The number of aromatic nitrogens is 1. The van der Waals surface area contributed by atoms with E-state index in [0.29, 0.717) is 25.3 Å². The normalized spacial score (nSPS) is 20.9. The van der Waals surface area contributed by atoms with Crippen molar-refractivity contribution < 1.29 is 28.6 Å². The monoisotopic (exact) mass is 506 g/mol. The Kier molecular flexibility index (Phi) is 6.68. The van der Waals surface area contributed by atoms with Crippen LogP contribution >= 0.6 is 11.6 Å². The molecule has 2 aliphatic rings. The highest BCUT2D eigenvalue weighted by Crippen LogP contribution is 2.53. The molecule has 188 valence electrons. The Morgan fingerprint density at radius 1 is 1.34 bits per heavy atom. The summed E-state index contributed by atoms with van der Waals surface area (Å²) in [4.78, 5) is 40.2. The number of ketones is 1. The number of likely N-dealkylation sites (N-methyl/N-ethyl adjacent to an activating group) is 1. The topological polar surface area (TPSA) is 98.1 Å². The third-order valence-electron chi connectivity index (χ3n) is 6.66. The van der Waals surface area contributed by atoms with Crippen LogP contribution in [0.1, 0.15) is 53.1 Å². The van der Waals surface area contributed by atoms with Crippen LogP contribution in [-0.4, -0.2) is 59.7 Å². The Bertz CT molecular complexity index is 1260. The molecule has 1 aromatic heterocycles. The largest absolute Gasteiger partial charge is 0.503 e. The maximum Gasteiger partial charge on any atom is 0.274 e. The summed E-state index contributed by atoms with van der Waals surface area (Å²) in [6.07, 6.45) is 1.66. The van der Waals surface area contributed by atoms with E-state index in [1.807, 2.05) is 13.8 Å². The first-order valence-electron chi connectivity index (χ1n) is 11.4. The summed E-state index contributed by atoms with van der Waals surface area (Å²) in [5, 5.41) is 10.5. The number of halogens is 2. The van der Waals surface area contributed by atoms with Crippen molar-refractivity contribution in [2.75, 3.05) is 27.3 Å². The van der Waals surface area contributed by atoms with E-state index >= 15 is 0 Å². The maximum atomic E-state index is 14.6. The number of nitrogens with zero attached hydrogens (tertiary/aromatic N) is 2. The number of aromatic hydroxyl groups is 1. The Hall–Kier alpha value is -2.91. The molecular weight excluding hydrogens is 479 g/mol. The van der Waals surface area contributed by atoms with Crippen molar-refractivity contribution in [2.24, 2.45) is 5.92 Å². The highest BCUT2D eigenvalue weighted by atomic mass is 35.5. The molecule has 0 unspecified atom stereocenters. The number of methoxy groups -OCH3 is 1. The number of hydrogen-bond acceptors (Lipinski definition) is 6. The molecular formula is C25H28ClFN2O6. The van der Waals surface area contributed by atoms with Gasteiger partial charge in [0.15, 0.2) is 17.2 Å². The second-order valence-electron chi connectivity index (χ2n) is 9.53. The fourth-order valence-electron chi connectivity index (χ4n) is 4.89. The van der Waals surface area contributed by atoms with Gasteiger partial charge in [0.25, 0.3) is 5.91 Å². The molecule has 35 heavy (non-hydrogen) atoms. The zero-order valence-corrected chi connectivity index (χ0v) is 20.8. The number of ether oxygens (including phenoxy) is 2. The molecule has 1 spiro atoms. The number of aryl methyl sites for hydroxylation is 1. The van der Waals surface area contributed by atoms with Gasteiger partial charge in [-0.15, -0.1) is 0 Å². The van der Waals surface area contributed by atoms with Crippen LogP contribution in [0.3, 0.4) is 0 Å². The van der Waals surface area contributed by atoms with E-state index in [1.165, 1.54) is 23.2 Å². The van der Waals surface area contributed by atoms with Crippen molar-refractivity contribution in [3.63, 3.8) is 0 Å². The van der Waals surface area contributed by atoms with Gasteiger partial charge in [-0.05, 0) is 38.3 Å². The number of hydrogen-bond donors (Lipinski definition) is 1. The van der Waals surface area contributed by atoms with E-state index in [0.717, 1.165) is 0 Å². The average Bonchev–Trinajstić information content (AvgIpc) is 3.47. The Morgan fingerprint density at radius 3 is 2.71 bits per heavy atom. The van der Waals surface area contributed by atoms with Crippen molar-refractivity contribution in [3.8, 4) is 11.5 Å². The first kappa shape index (κ1) is 25.2. The number of carbonyl (C=O) groups excluding carboxylic acids is 2. The number of carbonyl (C=O) groups is 2. The summed E-state index contributed by atoms with van der Waals surface area (Å²) in [5.41, 5.74) is -1.67. The first-order chi connectivity index (χ1) is 16.5. The molecule has 1 amide bonds. The summed E-state index contributed by atoms with van der Waals surface area (Å²) < 4.78 is 27.0. The minimum absolute atomic E-state index is 0.0270. The zero-order chi connectivity index (χ0) is 25.7. The van der Waals surface area contributed by atoms with Gasteiger partial charge in [-0.1, -0.05) is 11.6 Å². The molecule has 1 fully saturated rings. The Labute approximate surface area is 207 Å². The molecule has 1 N–H and O–H groups in total. The number of Topliss-reactive ketones (excluding diaryl/α,β-unsaturated/α-hetero) is 1. The minimum atomic E-state index is -0.917. The van der Waals surface area contributed by atoms with E-state index < -0.39 is 34.2 Å². The Morgan fingerprint density at radius 2 is 2.06 bits per heavy atom. The van der Waals surface area contributed by atoms with Gasteiger partial charge >= 0.3 is 0 Å². The predicted molar refractivity (Wildman–Crippen MR) is 127 cm³/mol. The molecule has 2 atom stereocenters. The van der Waals surface area contributed by atoms with Crippen LogP contribution in [-0.2, 0) is 16.7 Å². The highest BCUT2D eigenvalue weighted by molar-refractivity contribution is 6.31. The molecule has 0 radical (unpaired) electrons. The SMILES string of the molecule is COC[C@H]1C[C@@]12CN(C)C(=O)c1c(O)c(=O)c(C(=O)CCc3cc(OC(C)C)cc(Cl)c3F)cn12. The van der Waals surface area contributed by atoms with Crippen molar-refractivity contribution in [3.05, 3.63) is 56.2 Å². The summed E-state index contributed by atoms with van der Waals surface area (Å²) in [6, 6.07) is 2.85. The van der Waals surface area contributed by atoms with Crippen molar-refractivity contribution >= 4 is 23.3 Å². The quantitative estimate of drug-likeness (QED) is 0.551. The van der Waals surface area contributed by atoms with Gasteiger partial charge in [0.1, 0.15) is 11.6 Å². The molecule has 1 aromatic carbocycles. The fraction of sp³-hybridized carbons (Fsp3) is 0.480. The minimum Gasteiger partial charge on any atom is -0.503 e. The smallest absolute Gasteiger partial charge is 0.274 e. The zero-order valence-electron chi connectivity index (χ0n) is 20.1. The number of rotatable bonds is 8.